The van der Waals surface area contributed by atoms with Gasteiger partial charge in [-0.2, -0.15) is 22.0 Å². The summed E-state index contributed by atoms with van der Waals surface area (Å²) in [5.41, 5.74) is -0.145. The van der Waals surface area contributed by atoms with Crippen LogP contribution in [0.15, 0.2) is 54.6 Å². The van der Waals surface area contributed by atoms with Crippen molar-refractivity contribution in [3.05, 3.63) is 60.2 Å². The van der Waals surface area contributed by atoms with Crippen LogP contribution in [-0.4, -0.2) is 24.4 Å². The van der Waals surface area contributed by atoms with Gasteiger partial charge in [-0.25, -0.2) is 4.39 Å². The number of carbonyl (C=O) groups is 1. The summed E-state index contributed by atoms with van der Waals surface area (Å²) in [5.74, 6) is -1.50. The summed E-state index contributed by atoms with van der Waals surface area (Å²) in [4.78, 5) is 12.0. The monoisotopic (exact) mass is 363 g/mol. The molecule has 0 aliphatic carbocycles. The van der Waals surface area contributed by atoms with Crippen LogP contribution in [-0.2, 0) is 0 Å². The van der Waals surface area contributed by atoms with E-state index in [0.717, 1.165) is 12.1 Å². The van der Waals surface area contributed by atoms with E-state index >= 15 is 0 Å². The van der Waals surface area contributed by atoms with Crippen LogP contribution in [0, 0.1) is 0 Å². The molecule has 1 amide bonds. The van der Waals surface area contributed by atoms with Gasteiger partial charge < -0.3 is 10.1 Å². The molecule has 0 fully saturated rings. The highest BCUT2D eigenvalue weighted by Gasteiger charge is 2.59. The van der Waals surface area contributed by atoms with Crippen molar-refractivity contribution in [1.29, 1.82) is 0 Å². The van der Waals surface area contributed by atoms with Gasteiger partial charge in [0.15, 0.2) is 0 Å². The van der Waals surface area contributed by atoms with Crippen LogP contribution in [0.2, 0.25) is 0 Å². The van der Waals surface area contributed by atoms with Crippen LogP contribution < -0.4 is 10.1 Å². The first-order valence-corrected chi connectivity index (χ1v) is 6.84. The number of hydrogen-bond acceptors (Lipinski definition) is 2. The topological polar surface area (TPSA) is 38.3 Å². The Kier molecular flexibility index (Phi) is 5.24. The van der Waals surface area contributed by atoms with Crippen molar-refractivity contribution in [2.75, 3.05) is 5.32 Å². The van der Waals surface area contributed by atoms with Gasteiger partial charge in [0.25, 0.3) is 12.1 Å². The fourth-order valence-electron chi connectivity index (χ4n) is 1.83. The fraction of sp³-hybridized carbons (Fsp3) is 0.188. The van der Waals surface area contributed by atoms with E-state index in [9.17, 15) is 31.1 Å². The van der Waals surface area contributed by atoms with Gasteiger partial charge in [-0.05, 0) is 24.3 Å². The number of carbonyl (C=O) groups excluding carboxylic acids is 1. The minimum absolute atomic E-state index is 0.183. The molecule has 0 saturated heterocycles. The molecule has 2 rings (SSSR count). The molecule has 0 radical (unpaired) electrons. The van der Waals surface area contributed by atoms with Crippen LogP contribution >= 0.6 is 0 Å². The number of rotatable bonds is 5. The fourth-order valence-corrected chi connectivity index (χ4v) is 1.83. The van der Waals surface area contributed by atoms with E-state index in [4.69, 9.17) is 0 Å². The van der Waals surface area contributed by atoms with Gasteiger partial charge in [-0.15, -0.1) is 0 Å². The number of nitrogens with one attached hydrogen (secondary N) is 1. The second kappa shape index (κ2) is 7.04. The molecule has 2 aromatic carbocycles. The standard InChI is InChI=1S/C16H11F6NO2/c17-14(15(18,19)20)16(21,22)25-12-9-5-4-8-11(12)23-13(24)10-6-2-1-3-7-10/h1-9,14H,(H,23,24)/t14-/m0/s1. The minimum Gasteiger partial charge on any atom is -0.428 e. The molecule has 1 N–H and O–H groups in total. The minimum atomic E-state index is -5.80. The van der Waals surface area contributed by atoms with Crippen molar-refractivity contribution in [2.45, 2.75) is 18.5 Å². The van der Waals surface area contributed by atoms with Gasteiger partial charge in [0.2, 0.25) is 0 Å². The Morgan fingerprint density at radius 1 is 0.920 bits per heavy atom. The maximum Gasteiger partial charge on any atom is 0.439 e. The normalized spacial score (nSPS) is 13.2. The molecule has 0 aliphatic rings. The zero-order chi connectivity index (χ0) is 18.7. The summed E-state index contributed by atoms with van der Waals surface area (Å²) in [6.45, 7) is 0. The molecule has 0 aromatic heterocycles. The molecule has 0 bridgehead atoms. The van der Waals surface area contributed by atoms with Crippen LogP contribution in [0.1, 0.15) is 10.4 Å². The molecule has 134 valence electrons. The lowest BCUT2D eigenvalue weighted by Gasteiger charge is -2.24. The van der Waals surface area contributed by atoms with Gasteiger partial charge in [-0.1, -0.05) is 30.3 Å². The molecule has 0 aliphatic heterocycles. The van der Waals surface area contributed by atoms with Crippen molar-refractivity contribution < 1.29 is 35.9 Å². The number of alkyl halides is 6. The van der Waals surface area contributed by atoms with Crippen molar-refractivity contribution in [1.82, 2.24) is 0 Å². The van der Waals surface area contributed by atoms with Gasteiger partial charge >= 0.3 is 12.3 Å². The van der Waals surface area contributed by atoms with Gasteiger partial charge in [0.1, 0.15) is 5.75 Å². The number of hydrogen-bond donors (Lipinski definition) is 1. The molecule has 1 atom stereocenters. The van der Waals surface area contributed by atoms with Gasteiger partial charge in [0, 0.05) is 5.56 Å². The summed E-state index contributed by atoms with van der Waals surface area (Å²) in [5, 5.41) is 2.23. The SMILES string of the molecule is O=C(Nc1ccccc1OC(F)(F)[C@@H](F)C(F)(F)F)c1ccccc1. The highest BCUT2D eigenvalue weighted by molar-refractivity contribution is 6.04. The van der Waals surface area contributed by atoms with Crippen molar-refractivity contribution >= 4 is 11.6 Å². The lowest BCUT2D eigenvalue weighted by atomic mass is 10.2. The number of halogens is 6. The van der Waals surface area contributed by atoms with Crippen LogP contribution in [0.25, 0.3) is 0 Å². The Labute approximate surface area is 138 Å². The van der Waals surface area contributed by atoms with Gasteiger partial charge in [0.05, 0.1) is 5.69 Å². The van der Waals surface area contributed by atoms with E-state index in [1.807, 2.05) is 0 Å². The number of ether oxygens (including phenoxy) is 1. The Morgan fingerprint density at radius 3 is 2.08 bits per heavy atom. The molecule has 2 aromatic rings. The van der Waals surface area contributed by atoms with Crippen LogP contribution in [0.3, 0.4) is 0 Å². The van der Waals surface area contributed by atoms with Crippen molar-refractivity contribution in [3.8, 4) is 5.75 Å². The Morgan fingerprint density at radius 2 is 1.48 bits per heavy atom. The van der Waals surface area contributed by atoms with Crippen LogP contribution in [0.5, 0.6) is 5.75 Å². The lowest BCUT2D eigenvalue weighted by Crippen LogP contribution is -2.45. The third-order valence-corrected chi connectivity index (χ3v) is 3.00. The molecule has 25 heavy (non-hydrogen) atoms. The molecular weight excluding hydrogens is 352 g/mol. The third kappa shape index (κ3) is 4.65. The summed E-state index contributed by atoms with van der Waals surface area (Å²) < 4.78 is 80.2. The predicted molar refractivity (Wildman–Crippen MR) is 77.4 cm³/mol. The largest absolute Gasteiger partial charge is 0.439 e. The van der Waals surface area contributed by atoms with E-state index in [2.05, 4.69) is 10.1 Å². The first-order chi connectivity index (χ1) is 11.6. The summed E-state index contributed by atoms with van der Waals surface area (Å²) in [7, 11) is 0. The van der Waals surface area contributed by atoms with E-state index in [-0.39, 0.29) is 11.3 Å². The quantitative estimate of drug-likeness (QED) is 0.775. The number of amides is 1. The number of para-hydroxylation sites is 2. The first kappa shape index (κ1) is 18.6. The average molecular weight is 363 g/mol. The second-order valence-corrected chi connectivity index (χ2v) is 4.88. The average Bonchev–Trinajstić information content (AvgIpc) is 2.55. The molecule has 0 heterocycles. The van der Waals surface area contributed by atoms with Gasteiger partial charge in [-0.3, -0.25) is 4.79 Å². The summed E-state index contributed by atoms with van der Waals surface area (Å²) >= 11 is 0. The lowest BCUT2D eigenvalue weighted by molar-refractivity contribution is -0.304. The van der Waals surface area contributed by atoms with E-state index < -0.39 is 30.1 Å². The summed E-state index contributed by atoms with van der Waals surface area (Å²) in [6, 6.07) is 12.2. The zero-order valence-corrected chi connectivity index (χ0v) is 12.4. The van der Waals surface area contributed by atoms with E-state index in [1.165, 1.54) is 24.3 Å². The maximum absolute atomic E-state index is 13.4. The highest BCUT2D eigenvalue weighted by Crippen LogP contribution is 2.38. The van der Waals surface area contributed by atoms with Crippen LogP contribution in [0.4, 0.5) is 32.0 Å². The maximum atomic E-state index is 13.4. The molecule has 3 nitrogen and oxygen atoms in total. The first-order valence-electron chi connectivity index (χ1n) is 6.84. The number of anilines is 1. The number of benzene rings is 2. The molecule has 0 spiro atoms. The Hall–Kier alpha value is -2.71. The van der Waals surface area contributed by atoms with Crippen molar-refractivity contribution in [2.24, 2.45) is 0 Å². The second-order valence-electron chi connectivity index (χ2n) is 4.88. The molecule has 9 heteroatoms. The van der Waals surface area contributed by atoms with E-state index in [1.54, 1.807) is 18.2 Å². The predicted octanol–water partition coefficient (Wildman–Crippen LogP) is 4.81. The molecule has 0 saturated carbocycles. The summed E-state index contributed by atoms with van der Waals surface area (Å²) in [6.07, 6.45) is -15.5. The molecular formula is C16H11F6NO2. The Bertz CT molecular complexity index is 733. The van der Waals surface area contributed by atoms with Crippen molar-refractivity contribution in [3.63, 3.8) is 0 Å². The zero-order valence-electron chi connectivity index (χ0n) is 12.4. The highest BCUT2D eigenvalue weighted by atomic mass is 19.4. The molecule has 0 unspecified atom stereocenters. The smallest absolute Gasteiger partial charge is 0.428 e. The van der Waals surface area contributed by atoms with E-state index in [0.29, 0.717) is 0 Å². The third-order valence-electron chi connectivity index (χ3n) is 3.00. The Balaban J connectivity index is 2.22.